The van der Waals surface area contributed by atoms with Gasteiger partial charge in [-0.2, -0.15) is 0 Å². The van der Waals surface area contributed by atoms with E-state index < -0.39 is 0 Å². The number of urea groups is 1. The normalized spacial score (nSPS) is 20.4. The van der Waals surface area contributed by atoms with Crippen LogP contribution >= 0.6 is 0 Å². The monoisotopic (exact) mass is 397 g/mol. The number of hydrogen-bond acceptors (Lipinski definition) is 3. The molecule has 6 heteroatoms. The highest BCUT2D eigenvalue weighted by atomic mass is 19.1. The van der Waals surface area contributed by atoms with Crippen molar-refractivity contribution in [2.45, 2.75) is 30.9 Å². The lowest BCUT2D eigenvalue weighted by Gasteiger charge is -2.61. The zero-order chi connectivity index (χ0) is 20.3. The molecule has 2 fully saturated rings. The van der Waals surface area contributed by atoms with E-state index in [1.165, 1.54) is 11.6 Å². The van der Waals surface area contributed by atoms with E-state index in [0.717, 1.165) is 31.5 Å². The third-order valence-electron chi connectivity index (χ3n) is 6.34. The second-order valence-electron chi connectivity index (χ2n) is 7.87. The minimum atomic E-state index is -0.228. The standard InChI is InChI=1S/C23H28FN3O2/c1-29-21-17-27(20-9-5-8-19(24)16-20)23(21)11-14-26(15-12-23)22(28)25-13-10-18-6-3-2-4-7-18/h2-9,16,21H,10-15,17H2,1H3,(H,25,28). The molecular weight excluding hydrogens is 369 g/mol. The fourth-order valence-electron chi connectivity index (χ4n) is 4.64. The molecule has 1 atom stereocenters. The van der Waals surface area contributed by atoms with E-state index in [-0.39, 0.29) is 23.5 Å². The highest BCUT2D eigenvalue weighted by Crippen LogP contribution is 2.44. The SMILES string of the molecule is COC1CN(c2cccc(F)c2)C12CCN(C(=O)NCCc1ccccc1)CC2. The minimum absolute atomic E-state index is 0.0126. The Morgan fingerprint density at radius 3 is 2.62 bits per heavy atom. The molecule has 2 aliphatic heterocycles. The first-order valence-corrected chi connectivity index (χ1v) is 10.2. The summed E-state index contributed by atoms with van der Waals surface area (Å²) in [5.41, 5.74) is 1.94. The van der Waals surface area contributed by atoms with Crippen molar-refractivity contribution in [2.24, 2.45) is 0 Å². The van der Waals surface area contributed by atoms with Crippen LogP contribution in [0.3, 0.4) is 0 Å². The molecule has 1 spiro atoms. The van der Waals surface area contributed by atoms with Gasteiger partial charge in [0.15, 0.2) is 0 Å². The quantitative estimate of drug-likeness (QED) is 0.841. The van der Waals surface area contributed by atoms with Crippen molar-refractivity contribution in [1.29, 1.82) is 0 Å². The molecule has 0 saturated carbocycles. The number of benzene rings is 2. The first-order valence-electron chi connectivity index (χ1n) is 10.2. The van der Waals surface area contributed by atoms with Crippen LogP contribution in [0.25, 0.3) is 0 Å². The fraction of sp³-hybridized carbons (Fsp3) is 0.435. The Labute approximate surface area is 171 Å². The molecule has 0 radical (unpaired) electrons. The molecule has 2 aromatic rings. The number of likely N-dealkylation sites (tertiary alicyclic amines) is 1. The van der Waals surface area contributed by atoms with Gasteiger partial charge in [0.2, 0.25) is 0 Å². The number of methoxy groups -OCH3 is 1. The Morgan fingerprint density at radius 1 is 1.17 bits per heavy atom. The Kier molecular flexibility index (Phi) is 5.72. The Balaban J connectivity index is 1.33. The van der Waals surface area contributed by atoms with Gasteiger partial charge < -0.3 is 19.9 Å². The summed E-state index contributed by atoms with van der Waals surface area (Å²) in [5, 5.41) is 3.03. The van der Waals surface area contributed by atoms with E-state index in [4.69, 9.17) is 4.74 Å². The maximum atomic E-state index is 13.7. The van der Waals surface area contributed by atoms with E-state index in [0.29, 0.717) is 19.6 Å². The van der Waals surface area contributed by atoms with Crippen LogP contribution < -0.4 is 10.2 Å². The lowest BCUT2D eigenvalue weighted by atomic mass is 9.73. The lowest BCUT2D eigenvalue weighted by molar-refractivity contribution is -0.0416. The van der Waals surface area contributed by atoms with Crippen LogP contribution in [0.4, 0.5) is 14.9 Å². The zero-order valence-corrected chi connectivity index (χ0v) is 16.8. The molecule has 5 nitrogen and oxygen atoms in total. The highest BCUT2D eigenvalue weighted by molar-refractivity contribution is 5.74. The number of nitrogens with zero attached hydrogens (tertiary/aromatic N) is 2. The summed E-state index contributed by atoms with van der Waals surface area (Å²) < 4.78 is 19.4. The number of amides is 2. The van der Waals surface area contributed by atoms with Gasteiger partial charge in [-0.3, -0.25) is 0 Å². The summed E-state index contributed by atoms with van der Waals surface area (Å²) in [6.07, 6.45) is 2.56. The molecular formula is C23H28FN3O2. The molecule has 2 amide bonds. The van der Waals surface area contributed by atoms with E-state index in [1.54, 1.807) is 19.2 Å². The first-order chi connectivity index (χ1) is 14.1. The molecule has 2 aliphatic rings. The number of carbonyl (C=O) groups excluding carboxylic acids is 1. The third-order valence-corrected chi connectivity index (χ3v) is 6.34. The smallest absolute Gasteiger partial charge is 0.317 e. The molecule has 0 aromatic heterocycles. The van der Waals surface area contributed by atoms with Crippen LogP contribution in [0, 0.1) is 5.82 Å². The predicted molar refractivity (Wildman–Crippen MR) is 112 cm³/mol. The number of nitrogens with one attached hydrogen (secondary N) is 1. The molecule has 4 rings (SSSR count). The number of piperidine rings is 1. The highest BCUT2D eigenvalue weighted by Gasteiger charge is 2.55. The molecule has 2 saturated heterocycles. The second kappa shape index (κ2) is 8.41. The average molecular weight is 397 g/mol. The zero-order valence-electron chi connectivity index (χ0n) is 16.8. The van der Waals surface area contributed by atoms with Gasteiger partial charge in [-0.25, -0.2) is 9.18 Å². The van der Waals surface area contributed by atoms with Gasteiger partial charge >= 0.3 is 6.03 Å². The van der Waals surface area contributed by atoms with Crippen molar-refractivity contribution in [3.63, 3.8) is 0 Å². The fourth-order valence-corrected chi connectivity index (χ4v) is 4.64. The second-order valence-corrected chi connectivity index (χ2v) is 7.87. The molecule has 0 aliphatic carbocycles. The van der Waals surface area contributed by atoms with Gasteiger partial charge in [-0.1, -0.05) is 36.4 Å². The molecule has 2 aromatic carbocycles. The van der Waals surface area contributed by atoms with E-state index >= 15 is 0 Å². The molecule has 154 valence electrons. The van der Waals surface area contributed by atoms with Crippen LogP contribution in [0.15, 0.2) is 54.6 Å². The van der Waals surface area contributed by atoms with Gasteiger partial charge in [-0.05, 0) is 43.0 Å². The van der Waals surface area contributed by atoms with E-state index in [2.05, 4.69) is 22.3 Å². The minimum Gasteiger partial charge on any atom is -0.377 e. The van der Waals surface area contributed by atoms with Crippen molar-refractivity contribution in [3.05, 3.63) is 66.0 Å². The van der Waals surface area contributed by atoms with Gasteiger partial charge in [-0.15, -0.1) is 0 Å². The Bertz CT molecular complexity index is 837. The van der Waals surface area contributed by atoms with Gasteiger partial charge in [0, 0.05) is 39.0 Å². The van der Waals surface area contributed by atoms with Gasteiger partial charge in [0.05, 0.1) is 11.6 Å². The molecule has 1 unspecified atom stereocenters. The third kappa shape index (κ3) is 3.94. The Morgan fingerprint density at radius 2 is 1.93 bits per heavy atom. The number of anilines is 1. The Hall–Kier alpha value is -2.60. The van der Waals surface area contributed by atoms with Gasteiger partial charge in [0.1, 0.15) is 5.82 Å². The van der Waals surface area contributed by atoms with Crippen molar-refractivity contribution < 1.29 is 13.9 Å². The summed E-state index contributed by atoms with van der Waals surface area (Å²) in [6, 6.07) is 16.9. The topological polar surface area (TPSA) is 44.8 Å². The number of rotatable bonds is 5. The van der Waals surface area contributed by atoms with Crippen LogP contribution in [0.5, 0.6) is 0 Å². The van der Waals surface area contributed by atoms with Crippen molar-refractivity contribution >= 4 is 11.7 Å². The number of ether oxygens (including phenoxy) is 1. The van der Waals surface area contributed by atoms with E-state index in [1.807, 2.05) is 29.2 Å². The summed E-state index contributed by atoms with van der Waals surface area (Å²) in [4.78, 5) is 16.7. The summed E-state index contributed by atoms with van der Waals surface area (Å²) in [6.45, 7) is 2.72. The molecule has 29 heavy (non-hydrogen) atoms. The maximum absolute atomic E-state index is 13.7. The number of carbonyl (C=O) groups is 1. The number of halogens is 1. The molecule has 1 N–H and O–H groups in total. The largest absolute Gasteiger partial charge is 0.377 e. The van der Waals surface area contributed by atoms with Crippen LogP contribution in [0.2, 0.25) is 0 Å². The van der Waals surface area contributed by atoms with Crippen LogP contribution in [-0.2, 0) is 11.2 Å². The van der Waals surface area contributed by atoms with Crippen LogP contribution in [-0.4, -0.2) is 55.9 Å². The summed E-state index contributed by atoms with van der Waals surface area (Å²) in [7, 11) is 1.73. The summed E-state index contributed by atoms with van der Waals surface area (Å²) >= 11 is 0. The maximum Gasteiger partial charge on any atom is 0.317 e. The lowest BCUT2D eigenvalue weighted by Crippen LogP contribution is -2.74. The summed E-state index contributed by atoms with van der Waals surface area (Å²) in [5.74, 6) is -0.228. The van der Waals surface area contributed by atoms with Gasteiger partial charge in [0.25, 0.3) is 0 Å². The van der Waals surface area contributed by atoms with Crippen molar-refractivity contribution in [2.75, 3.05) is 38.2 Å². The average Bonchev–Trinajstić information content (AvgIpc) is 2.74. The first kappa shape index (κ1) is 19.7. The molecule has 0 bridgehead atoms. The molecule has 2 heterocycles. The van der Waals surface area contributed by atoms with Crippen LogP contribution in [0.1, 0.15) is 18.4 Å². The predicted octanol–water partition coefficient (Wildman–Crippen LogP) is 3.45. The van der Waals surface area contributed by atoms with E-state index in [9.17, 15) is 9.18 Å². The van der Waals surface area contributed by atoms with Crippen molar-refractivity contribution in [3.8, 4) is 0 Å². The van der Waals surface area contributed by atoms with Crippen molar-refractivity contribution in [1.82, 2.24) is 10.2 Å². The number of hydrogen-bond donors (Lipinski definition) is 1.